The third-order valence-electron chi connectivity index (χ3n) is 2.94. The Morgan fingerprint density at radius 1 is 1.33 bits per heavy atom. The summed E-state index contributed by atoms with van der Waals surface area (Å²) in [5, 5.41) is 5.39. The molecule has 5 nitrogen and oxygen atoms in total. The van der Waals surface area contributed by atoms with Gasteiger partial charge in [0, 0.05) is 18.0 Å². The van der Waals surface area contributed by atoms with Crippen molar-refractivity contribution in [3.05, 3.63) is 59.2 Å². The molecule has 1 aromatic carbocycles. The topological polar surface area (TPSA) is 68.9 Å². The SMILES string of the molecule is C[C@H](c1nc(Cc2ccccc2)no1)[S@](=O)c1nccs1. The van der Waals surface area contributed by atoms with Gasteiger partial charge in [-0.15, -0.1) is 11.3 Å². The second-order valence-electron chi connectivity index (χ2n) is 4.45. The molecule has 0 aliphatic rings. The normalized spacial score (nSPS) is 14.0. The monoisotopic (exact) mass is 319 g/mol. The molecule has 21 heavy (non-hydrogen) atoms. The van der Waals surface area contributed by atoms with Crippen molar-refractivity contribution >= 4 is 22.1 Å². The summed E-state index contributed by atoms with van der Waals surface area (Å²) in [6, 6.07) is 9.91. The highest BCUT2D eigenvalue weighted by Crippen LogP contribution is 2.24. The van der Waals surface area contributed by atoms with Gasteiger partial charge in [0.25, 0.3) is 0 Å². The minimum Gasteiger partial charge on any atom is -0.338 e. The van der Waals surface area contributed by atoms with Crippen LogP contribution in [0.4, 0.5) is 0 Å². The highest BCUT2D eigenvalue weighted by atomic mass is 32.2. The van der Waals surface area contributed by atoms with Crippen molar-refractivity contribution in [2.45, 2.75) is 22.9 Å². The largest absolute Gasteiger partial charge is 0.338 e. The number of rotatable bonds is 5. The summed E-state index contributed by atoms with van der Waals surface area (Å²) in [6.45, 7) is 1.80. The Bertz CT molecular complexity index is 726. The van der Waals surface area contributed by atoms with Crippen LogP contribution in [0.5, 0.6) is 0 Å². The first-order chi connectivity index (χ1) is 10.2. The molecule has 0 radical (unpaired) electrons. The Morgan fingerprint density at radius 3 is 2.86 bits per heavy atom. The summed E-state index contributed by atoms with van der Waals surface area (Å²) < 4.78 is 18.1. The van der Waals surface area contributed by atoms with Crippen LogP contribution in [0.3, 0.4) is 0 Å². The van der Waals surface area contributed by atoms with E-state index in [0.29, 0.717) is 22.5 Å². The van der Waals surface area contributed by atoms with E-state index in [1.807, 2.05) is 30.3 Å². The predicted octanol–water partition coefficient (Wildman–Crippen LogP) is 2.99. The fourth-order valence-corrected chi connectivity index (χ4v) is 3.92. The van der Waals surface area contributed by atoms with Crippen molar-refractivity contribution in [3.63, 3.8) is 0 Å². The van der Waals surface area contributed by atoms with Gasteiger partial charge in [-0.05, 0) is 12.5 Å². The molecule has 2 heterocycles. The number of hydrogen-bond acceptors (Lipinski definition) is 6. The van der Waals surface area contributed by atoms with Gasteiger partial charge in [0.05, 0.1) is 10.8 Å². The second-order valence-corrected chi connectivity index (χ2v) is 7.29. The molecule has 3 rings (SSSR count). The molecular weight excluding hydrogens is 306 g/mol. The molecule has 0 amide bonds. The molecule has 0 saturated carbocycles. The van der Waals surface area contributed by atoms with Gasteiger partial charge in [0.1, 0.15) is 5.25 Å². The Balaban J connectivity index is 1.74. The van der Waals surface area contributed by atoms with E-state index in [1.165, 1.54) is 11.3 Å². The lowest BCUT2D eigenvalue weighted by Gasteiger charge is -2.02. The minimum atomic E-state index is -1.27. The third kappa shape index (κ3) is 3.25. The van der Waals surface area contributed by atoms with Crippen LogP contribution in [0, 0.1) is 0 Å². The van der Waals surface area contributed by atoms with Crippen LogP contribution in [0.2, 0.25) is 0 Å². The summed E-state index contributed by atoms with van der Waals surface area (Å²) in [5.74, 6) is 0.980. The minimum absolute atomic E-state index is 0.367. The molecule has 0 fully saturated rings. The molecule has 2 atom stereocenters. The molecular formula is C14H13N3O2S2. The molecule has 2 aromatic heterocycles. The zero-order valence-electron chi connectivity index (χ0n) is 11.3. The molecule has 7 heteroatoms. The number of thiazole rings is 1. The van der Waals surface area contributed by atoms with Crippen LogP contribution in [-0.2, 0) is 17.2 Å². The van der Waals surface area contributed by atoms with E-state index < -0.39 is 10.8 Å². The Hall–Kier alpha value is -1.86. The van der Waals surface area contributed by atoms with E-state index >= 15 is 0 Å². The number of hydrogen-bond donors (Lipinski definition) is 0. The van der Waals surface area contributed by atoms with Crippen LogP contribution >= 0.6 is 11.3 Å². The summed E-state index contributed by atoms with van der Waals surface area (Å²) in [7, 11) is -1.27. The van der Waals surface area contributed by atoms with Crippen molar-refractivity contribution in [2.75, 3.05) is 0 Å². The van der Waals surface area contributed by atoms with Gasteiger partial charge in [0.15, 0.2) is 10.2 Å². The smallest absolute Gasteiger partial charge is 0.242 e. The van der Waals surface area contributed by atoms with Crippen molar-refractivity contribution < 1.29 is 8.73 Å². The van der Waals surface area contributed by atoms with E-state index in [4.69, 9.17) is 4.52 Å². The lowest BCUT2D eigenvalue weighted by atomic mass is 10.1. The van der Waals surface area contributed by atoms with Crippen molar-refractivity contribution in [1.29, 1.82) is 0 Å². The third-order valence-corrected chi connectivity index (χ3v) is 5.58. The van der Waals surface area contributed by atoms with E-state index in [1.54, 1.807) is 18.5 Å². The van der Waals surface area contributed by atoms with Crippen LogP contribution < -0.4 is 0 Å². The average Bonchev–Trinajstić information content (AvgIpc) is 3.18. The van der Waals surface area contributed by atoms with Crippen LogP contribution in [0.25, 0.3) is 0 Å². The predicted molar refractivity (Wildman–Crippen MR) is 80.5 cm³/mol. The lowest BCUT2D eigenvalue weighted by molar-refractivity contribution is 0.374. The van der Waals surface area contributed by atoms with Crippen LogP contribution in [-0.4, -0.2) is 19.3 Å². The molecule has 108 valence electrons. The molecule has 0 bridgehead atoms. The van der Waals surface area contributed by atoms with Gasteiger partial charge in [-0.2, -0.15) is 4.98 Å². The summed E-state index contributed by atoms with van der Waals surface area (Å²) in [5.41, 5.74) is 1.11. The highest BCUT2D eigenvalue weighted by molar-refractivity contribution is 7.87. The second kappa shape index (κ2) is 6.28. The van der Waals surface area contributed by atoms with Gasteiger partial charge in [0.2, 0.25) is 5.89 Å². The molecule has 0 aliphatic heterocycles. The average molecular weight is 319 g/mol. The maximum atomic E-state index is 12.3. The summed E-state index contributed by atoms with van der Waals surface area (Å²) >= 11 is 1.36. The molecule has 3 aromatic rings. The Kier molecular flexibility index (Phi) is 4.21. The van der Waals surface area contributed by atoms with Crippen molar-refractivity contribution in [2.24, 2.45) is 0 Å². The first-order valence-electron chi connectivity index (χ1n) is 6.40. The first kappa shape index (κ1) is 14.1. The summed E-state index contributed by atoms with van der Waals surface area (Å²) in [4.78, 5) is 8.41. The van der Waals surface area contributed by atoms with Crippen LogP contribution in [0.1, 0.15) is 29.5 Å². The zero-order valence-corrected chi connectivity index (χ0v) is 12.9. The first-order valence-corrected chi connectivity index (χ1v) is 8.50. The van der Waals surface area contributed by atoms with E-state index in [2.05, 4.69) is 15.1 Å². The molecule has 0 saturated heterocycles. The van der Waals surface area contributed by atoms with Gasteiger partial charge in [-0.25, -0.2) is 4.98 Å². The Morgan fingerprint density at radius 2 is 2.14 bits per heavy atom. The van der Waals surface area contributed by atoms with Gasteiger partial charge < -0.3 is 4.52 Å². The van der Waals surface area contributed by atoms with Crippen molar-refractivity contribution in [3.8, 4) is 0 Å². The van der Waals surface area contributed by atoms with E-state index in [9.17, 15) is 4.21 Å². The fourth-order valence-electron chi connectivity index (χ4n) is 1.84. The van der Waals surface area contributed by atoms with Gasteiger partial charge in [-0.1, -0.05) is 35.5 Å². The van der Waals surface area contributed by atoms with Crippen molar-refractivity contribution in [1.82, 2.24) is 15.1 Å². The fraction of sp³-hybridized carbons (Fsp3) is 0.214. The van der Waals surface area contributed by atoms with Crippen LogP contribution in [0.15, 0.2) is 50.8 Å². The zero-order chi connectivity index (χ0) is 14.7. The quantitative estimate of drug-likeness (QED) is 0.723. The number of aromatic nitrogens is 3. The van der Waals surface area contributed by atoms with Gasteiger partial charge >= 0.3 is 0 Å². The number of nitrogens with zero attached hydrogens (tertiary/aromatic N) is 3. The summed E-state index contributed by atoms with van der Waals surface area (Å²) in [6.07, 6.45) is 2.24. The Labute approximate surface area is 128 Å². The maximum Gasteiger partial charge on any atom is 0.242 e. The molecule has 0 aliphatic carbocycles. The highest BCUT2D eigenvalue weighted by Gasteiger charge is 2.23. The maximum absolute atomic E-state index is 12.3. The van der Waals surface area contributed by atoms with E-state index in [-0.39, 0.29) is 5.25 Å². The standard InChI is InChI=1S/C14H13N3O2S2/c1-10(21(18)14-15-7-8-20-14)13-16-12(17-19-13)9-11-5-3-2-4-6-11/h2-8,10H,9H2,1H3/t10-,21+/m1/s1. The molecule has 0 spiro atoms. The van der Waals surface area contributed by atoms with Gasteiger partial charge in [-0.3, -0.25) is 4.21 Å². The lowest BCUT2D eigenvalue weighted by Crippen LogP contribution is -2.03. The molecule has 0 N–H and O–H groups in total. The van der Waals surface area contributed by atoms with E-state index in [0.717, 1.165) is 5.56 Å². The molecule has 0 unspecified atom stereocenters. The number of benzene rings is 1.